The minimum atomic E-state index is -0.796. The van der Waals surface area contributed by atoms with Gasteiger partial charge in [-0.1, -0.05) is 222 Å². The van der Waals surface area contributed by atoms with Gasteiger partial charge in [0.05, 0.1) is 25.2 Å². The van der Waals surface area contributed by atoms with E-state index in [1.54, 1.807) is 0 Å². The monoisotopic (exact) mass is 838 g/mol. The van der Waals surface area contributed by atoms with Crippen LogP contribution in [0.2, 0.25) is 0 Å². The number of esters is 1. The molecule has 3 N–H and O–H groups in total. The topological polar surface area (TPSA) is 95.9 Å². The Kier molecular flexibility index (Phi) is 45.2. The van der Waals surface area contributed by atoms with Crippen molar-refractivity contribution in [1.29, 1.82) is 0 Å². The highest BCUT2D eigenvalue weighted by molar-refractivity contribution is 5.77. The van der Waals surface area contributed by atoms with Crippen LogP contribution >= 0.6 is 0 Å². The second-order valence-electron chi connectivity index (χ2n) is 17.0. The fourth-order valence-electron chi connectivity index (χ4n) is 7.28. The molecule has 6 heteroatoms. The maximum atomic E-state index is 13.2. The molecule has 346 valence electrons. The van der Waals surface area contributed by atoms with Crippen molar-refractivity contribution < 1.29 is 24.5 Å². The molecular weight excluding hydrogens is 743 g/mol. The molecule has 60 heavy (non-hydrogen) atoms. The molecule has 3 atom stereocenters. The molecule has 0 aliphatic carbocycles. The quantitative estimate of drug-likeness (QED) is 0.0246. The van der Waals surface area contributed by atoms with Gasteiger partial charge in [-0.2, -0.15) is 0 Å². The predicted molar refractivity (Wildman–Crippen MR) is 259 cm³/mol. The number of nitrogens with one attached hydrogen (secondary N) is 1. The Bertz CT molecular complexity index is 1120. The zero-order chi connectivity index (χ0) is 43.8. The first kappa shape index (κ1) is 57.3. The van der Waals surface area contributed by atoms with Gasteiger partial charge in [-0.25, -0.2) is 0 Å². The number of unbranched alkanes of at least 4 members (excludes halogenated alkanes) is 24. The van der Waals surface area contributed by atoms with E-state index in [0.717, 1.165) is 89.9 Å². The summed E-state index contributed by atoms with van der Waals surface area (Å²) in [7, 11) is 0. The van der Waals surface area contributed by atoms with Crippen LogP contribution in [0, 0.1) is 0 Å². The Morgan fingerprint density at radius 2 is 0.900 bits per heavy atom. The SMILES string of the molecule is CCC/C=C/C=C/C=C/C=C/C=C/CCCCCCCC(=O)OC(CCCCCCC/C=C\CCCCCC)CC(=O)NC(CO)C(O)CCCCCCCCCCCC. The summed E-state index contributed by atoms with van der Waals surface area (Å²) in [6.07, 6.45) is 59.5. The summed E-state index contributed by atoms with van der Waals surface area (Å²) < 4.78 is 5.92. The maximum absolute atomic E-state index is 13.2. The van der Waals surface area contributed by atoms with Gasteiger partial charge in [-0.3, -0.25) is 9.59 Å². The third-order valence-electron chi connectivity index (χ3n) is 11.1. The van der Waals surface area contributed by atoms with E-state index in [9.17, 15) is 19.8 Å². The summed E-state index contributed by atoms with van der Waals surface area (Å²) >= 11 is 0. The van der Waals surface area contributed by atoms with Crippen LogP contribution in [0.3, 0.4) is 0 Å². The Morgan fingerprint density at radius 1 is 0.483 bits per heavy atom. The number of aliphatic hydroxyl groups is 2. The van der Waals surface area contributed by atoms with Crippen molar-refractivity contribution in [3.8, 4) is 0 Å². The van der Waals surface area contributed by atoms with Crippen LogP contribution in [0.4, 0.5) is 0 Å². The zero-order valence-corrected chi connectivity index (χ0v) is 39.3. The van der Waals surface area contributed by atoms with Crippen molar-refractivity contribution in [2.24, 2.45) is 0 Å². The van der Waals surface area contributed by atoms with Gasteiger partial charge >= 0.3 is 5.97 Å². The zero-order valence-electron chi connectivity index (χ0n) is 39.3. The molecule has 3 unspecified atom stereocenters. The average Bonchev–Trinajstić information content (AvgIpc) is 3.24. The van der Waals surface area contributed by atoms with Crippen LogP contribution in [-0.2, 0) is 14.3 Å². The van der Waals surface area contributed by atoms with E-state index in [2.05, 4.69) is 74.7 Å². The van der Waals surface area contributed by atoms with E-state index in [0.29, 0.717) is 19.3 Å². The summed E-state index contributed by atoms with van der Waals surface area (Å²) in [5, 5.41) is 23.7. The minimum absolute atomic E-state index is 0.0586. The van der Waals surface area contributed by atoms with E-state index in [1.165, 1.54) is 96.3 Å². The smallest absolute Gasteiger partial charge is 0.306 e. The Hall–Kier alpha value is -2.70. The van der Waals surface area contributed by atoms with Crippen molar-refractivity contribution in [2.75, 3.05) is 6.61 Å². The molecule has 0 bridgehead atoms. The first-order valence-corrected chi connectivity index (χ1v) is 25.2. The van der Waals surface area contributed by atoms with Crippen molar-refractivity contribution in [1.82, 2.24) is 5.32 Å². The number of hydrogen-bond acceptors (Lipinski definition) is 5. The van der Waals surface area contributed by atoms with E-state index in [4.69, 9.17) is 4.74 Å². The van der Waals surface area contributed by atoms with E-state index in [-0.39, 0.29) is 24.9 Å². The number of hydrogen-bond donors (Lipinski definition) is 3. The van der Waals surface area contributed by atoms with Gasteiger partial charge in [0.2, 0.25) is 5.91 Å². The summed E-state index contributed by atoms with van der Waals surface area (Å²) in [6, 6.07) is -0.711. The lowest BCUT2D eigenvalue weighted by molar-refractivity contribution is -0.151. The molecule has 0 saturated heterocycles. The summed E-state index contributed by atoms with van der Waals surface area (Å²) in [5.74, 6) is -0.513. The van der Waals surface area contributed by atoms with Crippen molar-refractivity contribution >= 4 is 11.9 Å². The van der Waals surface area contributed by atoms with Gasteiger partial charge in [0.1, 0.15) is 6.10 Å². The number of carbonyl (C=O) groups is 2. The van der Waals surface area contributed by atoms with Crippen LogP contribution in [0.5, 0.6) is 0 Å². The molecule has 1 amide bonds. The summed E-state index contributed by atoms with van der Waals surface area (Å²) in [6.45, 7) is 6.36. The van der Waals surface area contributed by atoms with Crippen molar-refractivity contribution in [3.63, 3.8) is 0 Å². The second kappa shape index (κ2) is 47.4. The van der Waals surface area contributed by atoms with Crippen LogP contribution < -0.4 is 5.32 Å². The number of amides is 1. The maximum Gasteiger partial charge on any atom is 0.306 e. The molecule has 0 aliphatic rings. The molecule has 0 aromatic rings. The average molecular weight is 838 g/mol. The second-order valence-corrected chi connectivity index (χ2v) is 17.0. The van der Waals surface area contributed by atoms with Crippen LogP contribution in [0.25, 0.3) is 0 Å². The number of aliphatic hydroxyl groups excluding tert-OH is 2. The molecule has 0 radical (unpaired) electrons. The van der Waals surface area contributed by atoms with E-state index < -0.39 is 18.2 Å². The Balaban J connectivity index is 4.65. The first-order valence-electron chi connectivity index (χ1n) is 25.2. The van der Waals surface area contributed by atoms with Gasteiger partial charge in [0, 0.05) is 6.42 Å². The molecular formula is C54H95NO5. The van der Waals surface area contributed by atoms with Gasteiger partial charge in [-0.15, -0.1) is 0 Å². The summed E-state index contributed by atoms with van der Waals surface area (Å²) in [4.78, 5) is 26.1. The molecule has 0 aromatic carbocycles. The lowest BCUT2D eigenvalue weighted by Crippen LogP contribution is -2.46. The van der Waals surface area contributed by atoms with Crippen LogP contribution in [0.1, 0.15) is 233 Å². The third kappa shape index (κ3) is 42.0. The molecule has 0 spiro atoms. The number of ether oxygens (including phenoxy) is 1. The molecule has 0 heterocycles. The third-order valence-corrected chi connectivity index (χ3v) is 11.1. The normalized spacial score (nSPS) is 13.9. The first-order chi connectivity index (χ1) is 29.5. The highest BCUT2D eigenvalue weighted by Gasteiger charge is 2.24. The fourth-order valence-corrected chi connectivity index (χ4v) is 7.28. The van der Waals surface area contributed by atoms with Crippen LogP contribution in [-0.4, -0.2) is 46.9 Å². The molecule has 0 aromatic heterocycles. The number of allylic oxidation sites excluding steroid dienone is 12. The lowest BCUT2D eigenvalue weighted by Gasteiger charge is -2.24. The number of rotatable bonds is 44. The molecule has 6 nitrogen and oxygen atoms in total. The van der Waals surface area contributed by atoms with Gasteiger partial charge < -0.3 is 20.3 Å². The van der Waals surface area contributed by atoms with Gasteiger partial charge in [-0.05, 0) is 70.6 Å². The minimum Gasteiger partial charge on any atom is -0.462 e. The number of carbonyl (C=O) groups excluding carboxylic acids is 2. The van der Waals surface area contributed by atoms with Crippen molar-refractivity contribution in [2.45, 2.75) is 251 Å². The van der Waals surface area contributed by atoms with E-state index in [1.807, 2.05) is 24.3 Å². The summed E-state index contributed by atoms with van der Waals surface area (Å²) in [5.41, 5.74) is 0. The Morgan fingerprint density at radius 3 is 1.42 bits per heavy atom. The molecule has 0 fully saturated rings. The fraction of sp³-hybridized carbons (Fsp3) is 0.741. The largest absolute Gasteiger partial charge is 0.462 e. The van der Waals surface area contributed by atoms with Gasteiger partial charge in [0.25, 0.3) is 0 Å². The molecule has 0 aliphatic heterocycles. The van der Waals surface area contributed by atoms with Gasteiger partial charge in [0.15, 0.2) is 0 Å². The molecule has 0 saturated carbocycles. The highest BCUT2D eigenvalue weighted by Crippen LogP contribution is 2.17. The van der Waals surface area contributed by atoms with Crippen LogP contribution in [0.15, 0.2) is 72.9 Å². The standard InChI is InChI=1S/C54H95NO5/c1-4-7-10-13-16-19-22-24-25-26-27-28-30-32-35-38-41-44-47-54(59)60-50(45-42-39-36-33-31-29-23-20-17-14-11-8-5-2)48-53(58)55-51(49-56)52(57)46-43-40-37-34-21-18-15-12-9-6-3/h10,13,16,19-20,22-28,50-52,56-57H,4-9,11-12,14-15,17-18,21,29-49H2,1-3H3,(H,55,58)/b13-10+,19-16+,23-20-,24-22+,26-25+,28-27+. The Labute approximate surface area is 371 Å². The lowest BCUT2D eigenvalue weighted by atomic mass is 10.0. The molecule has 0 rings (SSSR count). The highest BCUT2D eigenvalue weighted by atomic mass is 16.5. The van der Waals surface area contributed by atoms with Crippen molar-refractivity contribution in [3.05, 3.63) is 72.9 Å². The van der Waals surface area contributed by atoms with E-state index >= 15 is 0 Å². The predicted octanol–water partition coefficient (Wildman–Crippen LogP) is 15.0.